The molecule has 1 fully saturated rings. The first kappa shape index (κ1) is 24.4. The fourth-order valence-corrected chi connectivity index (χ4v) is 4.57. The van der Waals surface area contributed by atoms with Crippen LogP contribution in [0.2, 0.25) is 0 Å². The van der Waals surface area contributed by atoms with Gasteiger partial charge in [0.05, 0.1) is 21.1 Å². The van der Waals surface area contributed by atoms with Crippen molar-refractivity contribution < 1.29 is 8.78 Å². The molecule has 0 saturated heterocycles. The lowest BCUT2D eigenvalue weighted by Crippen LogP contribution is -2.27. The Balaban J connectivity index is 1.96. The van der Waals surface area contributed by atoms with E-state index < -0.39 is 6.43 Å². The van der Waals surface area contributed by atoms with Crippen LogP contribution >= 0.6 is 23.4 Å². The molecule has 0 amide bonds. The SMILES string of the molecule is CN/C(=C(/SC/C=C\C(Cl)=C/N)N(C)CC1CC1)c1ccc2c(c1)=CCC=C(C(F)F)N=2. The molecule has 0 atom stereocenters. The summed E-state index contributed by atoms with van der Waals surface area (Å²) in [5, 5.41) is 6.41. The molecule has 0 radical (unpaired) electrons. The summed E-state index contributed by atoms with van der Waals surface area (Å²) < 4.78 is 26.3. The molecule has 3 N–H and O–H groups in total. The molecule has 2 aliphatic rings. The number of thioether (sulfide) groups is 1. The third kappa shape index (κ3) is 6.62. The van der Waals surface area contributed by atoms with Crippen LogP contribution in [0.15, 0.2) is 63.4 Å². The van der Waals surface area contributed by atoms with Crippen LogP contribution in [0.1, 0.15) is 24.8 Å². The van der Waals surface area contributed by atoms with E-state index in [2.05, 4.69) is 22.3 Å². The minimum atomic E-state index is -2.57. The number of hydrogen-bond acceptors (Lipinski definition) is 5. The molecule has 1 aromatic carbocycles. The highest BCUT2D eigenvalue weighted by molar-refractivity contribution is 8.03. The van der Waals surface area contributed by atoms with Crippen molar-refractivity contribution in [3.8, 4) is 0 Å². The van der Waals surface area contributed by atoms with Crippen LogP contribution in [-0.2, 0) is 0 Å². The van der Waals surface area contributed by atoms with Gasteiger partial charge in [-0.05, 0) is 48.6 Å². The summed E-state index contributed by atoms with van der Waals surface area (Å²) in [6, 6.07) is 5.77. The van der Waals surface area contributed by atoms with Crippen LogP contribution in [0, 0.1) is 5.92 Å². The van der Waals surface area contributed by atoms with E-state index in [1.54, 1.807) is 17.8 Å². The number of halogens is 3. The molecule has 0 unspecified atom stereocenters. The second-order valence-corrected chi connectivity index (χ2v) is 9.22. The van der Waals surface area contributed by atoms with E-state index >= 15 is 0 Å². The number of benzene rings is 1. The molecular weight excluding hydrogens is 450 g/mol. The molecule has 0 spiro atoms. The summed E-state index contributed by atoms with van der Waals surface area (Å²) in [6.45, 7) is 0.995. The fourth-order valence-electron chi connectivity index (χ4n) is 3.47. The molecule has 4 nitrogen and oxygen atoms in total. The van der Waals surface area contributed by atoms with Gasteiger partial charge in [-0.15, -0.1) is 11.8 Å². The van der Waals surface area contributed by atoms with Gasteiger partial charge in [0, 0.05) is 38.2 Å². The Hall–Kier alpha value is -2.25. The average molecular weight is 479 g/mol. The molecule has 1 heterocycles. The van der Waals surface area contributed by atoms with Crippen molar-refractivity contribution in [3.05, 3.63) is 74.5 Å². The van der Waals surface area contributed by atoms with E-state index in [1.807, 2.05) is 37.4 Å². The number of hydrogen-bond donors (Lipinski definition) is 2. The van der Waals surface area contributed by atoms with Crippen LogP contribution in [0.25, 0.3) is 11.8 Å². The van der Waals surface area contributed by atoms with E-state index in [0.29, 0.717) is 16.8 Å². The number of alkyl halides is 2. The molecule has 1 aliphatic heterocycles. The van der Waals surface area contributed by atoms with Crippen LogP contribution in [0.4, 0.5) is 8.78 Å². The molecular formula is C24H29ClF2N4S. The Morgan fingerprint density at radius 2 is 2.16 bits per heavy atom. The van der Waals surface area contributed by atoms with Gasteiger partial charge in [0.25, 0.3) is 6.43 Å². The van der Waals surface area contributed by atoms with Gasteiger partial charge in [-0.3, -0.25) is 0 Å². The van der Waals surface area contributed by atoms with Gasteiger partial charge in [0.15, 0.2) is 0 Å². The lowest BCUT2D eigenvalue weighted by Gasteiger charge is -2.25. The topological polar surface area (TPSA) is 53.6 Å². The lowest BCUT2D eigenvalue weighted by atomic mass is 10.1. The summed E-state index contributed by atoms with van der Waals surface area (Å²) in [5.74, 6) is 1.46. The van der Waals surface area contributed by atoms with Gasteiger partial charge in [0.1, 0.15) is 5.70 Å². The summed E-state index contributed by atoms with van der Waals surface area (Å²) in [5.41, 5.74) is 7.24. The number of nitrogens with zero attached hydrogens (tertiary/aromatic N) is 2. The third-order valence-corrected chi connectivity index (χ3v) is 6.65. The fraction of sp³-hybridized carbons (Fsp3) is 0.375. The van der Waals surface area contributed by atoms with Gasteiger partial charge in [-0.1, -0.05) is 35.9 Å². The van der Waals surface area contributed by atoms with Gasteiger partial charge >= 0.3 is 0 Å². The maximum atomic E-state index is 13.2. The predicted octanol–water partition coefficient (Wildman–Crippen LogP) is 4.16. The molecule has 1 saturated carbocycles. The first-order chi connectivity index (χ1) is 15.4. The largest absolute Gasteiger partial charge is 0.403 e. The van der Waals surface area contributed by atoms with E-state index in [9.17, 15) is 8.78 Å². The van der Waals surface area contributed by atoms with Crippen molar-refractivity contribution in [2.75, 3.05) is 26.4 Å². The van der Waals surface area contributed by atoms with Gasteiger partial charge in [-0.25, -0.2) is 13.8 Å². The van der Waals surface area contributed by atoms with Crippen LogP contribution in [-0.4, -0.2) is 37.7 Å². The van der Waals surface area contributed by atoms with Gasteiger partial charge in [0.2, 0.25) is 0 Å². The minimum absolute atomic E-state index is 0.172. The second-order valence-electron chi connectivity index (χ2n) is 7.77. The van der Waals surface area contributed by atoms with Crippen molar-refractivity contribution in [1.29, 1.82) is 0 Å². The zero-order chi connectivity index (χ0) is 23.1. The number of nitrogens with two attached hydrogens (primary N) is 1. The van der Waals surface area contributed by atoms with Gasteiger partial charge in [-0.2, -0.15) is 0 Å². The number of allylic oxidation sites excluding steroid dienone is 4. The Morgan fingerprint density at radius 3 is 2.81 bits per heavy atom. The van der Waals surface area contributed by atoms with Crippen LogP contribution < -0.4 is 21.6 Å². The molecule has 172 valence electrons. The van der Waals surface area contributed by atoms with Crippen molar-refractivity contribution >= 4 is 35.1 Å². The highest BCUT2D eigenvalue weighted by atomic mass is 35.5. The predicted molar refractivity (Wildman–Crippen MR) is 131 cm³/mol. The summed E-state index contributed by atoms with van der Waals surface area (Å²) >= 11 is 7.67. The summed E-state index contributed by atoms with van der Waals surface area (Å²) in [7, 11) is 4.01. The van der Waals surface area contributed by atoms with Crippen LogP contribution in [0.3, 0.4) is 0 Å². The quantitative estimate of drug-likeness (QED) is 0.496. The first-order valence-electron chi connectivity index (χ1n) is 10.6. The normalized spacial score (nSPS) is 17.2. The maximum absolute atomic E-state index is 13.2. The second kappa shape index (κ2) is 11.6. The Kier molecular flexibility index (Phi) is 8.82. The van der Waals surface area contributed by atoms with E-state index in [0.717, 1.165) is 39.7 Å². The molecule has 8 heteroatoms. The Morgan fingerprint density at radius 1 is 1.38 bits per heavy atom. The molecule has 3 rings (SSSR count). The Bertz CT molecular complexity index is 1060. The van der Waals surface area contributed by atoms with Crippen molar-refractivity contribution in [1.82, 2.24) is 10.2 Å². The van der Waals surface area contributed by atoms with E-state index in [1.165, 1.54) is 25.1 Å². The average Bonchev–Trinajstić information content (AvgIpc) is 3.61. The monoisotopic (exact) mass is 478 g/mol. The third-order valence-electron chi connectivity index (χ3n) is 5.25. The summed E-state index contributed by atoms with van der Waals surface area (Å²) in [4.78, 5) is 6.46. The van der Waals surface area contributed by atoms with Crippen molar-refractivity contribution in [3.63, 3.8) is 0 Å². The van der Waals surface area contributed by atoms with Crippen molar-refractivity contribution in [2.24, 2.45) is 16.6 Å². The Labute approximate surface area is 197 Å². The zero-order valence-corrected chi connectivity index (χ0v) is 19.9. The van der Waals surface area contributed by atoms with Crippen molar-refractivity contribution in [2.45, 2.75) is 25.7 Å². The molecule has 0 bridgehead atoms. The summed E-state index contributed by atoms with van der Waals surface area (Å²) in [6.07, 6.45) is 8.95. The molecule has 1 aliphatic carbocycles. The number of rotatable bonds is 10. The smallest absolute Gasteiger partial charge is 0.280 e. The van der Waals surface area contributed by atoms with Crippen LogP contribution in [0.5, 0.6) is 0 Å². The lowest BCUT2D eigenvalue weighted by molar-refractivity contribution is 0.187. The highest BCUT2D eigenvalue weighted by Crippen LogP contribution is 2.34. The molecule has 1 aromatic rings. The zero-order valence-electron chi connectivity index (χ0n) is 18.3. The minimum Gasteiger partial charge on any atom is -0.403 e. The highest BCUT2D eigenvalue weighted by Gasteiger charge is 2.25. The molecule has 32 heavy (non-hydrogen) atoms. The number of fused-ring (bicyclic) bond motifs is 1. The van der Waals surface area contributed by atoms with E-state index in [-0.39, 0.29) is 5.70 Å². The first-order valence-corrected chi connectivity index (χ1v) is 12.0. The standard InChI is InChI=1S/C24H29ClF2N4S/c1-29-22(18-10-11-20-17(13-18)5-3-7-21(30-20)23(26)27)24(31(2)15-16-8-9-16)32-12-4-6-19(25)14-28/h4-7,10-11,13-14,16,23,29H,3,8-9,12,15,28H2,1-2H3/b6-4-,19-14+,24-22+. The van der Waals surface area contributed by atoms with E-state index in [4.69, 9.17) is 17.3 Å². The number of nitrogens with one attached hydrogen (secondary N) is 1. The van der Waals surface area contributed by atoms with Gasteiger partial charge < -0.3 is 16.0 Å². The molecule has 0 aromatic heterocycles. The maximum Gasteiger partial charge on any atom is 0.280 e.